The second-order valence-corrected chi connectivity index (χ2v) is 12.7. The normalized spacial score (nSPS) is 11.5. The largest absolute Gasteiger partial charge is 0.244 e. The van der Waals surface area contributed by atoms with Crippen molar-refractivity contribution in [3.63, 3.8) is 0 Å². The van der Waals surface area contributed by atoms with E-state index in [1.165, 1.54) is 0 Å². The molecule has 0 saturated heterocycles. The molecule has 0 aliphatic heterocycles. The van der Waals surface area contributed by atoms with E-state index < -0.39 is 0 Å². The van der Waals surface area contributed by atoms with E-state index in [0.717, 1.165) is 59.7 Å². The monoisotopic (exact) mass is 665 g/mol. The van der Waals surface area contributed by atoms with E-state index in [2.05, 4.69) is 54.6 Å². The molecule has 4 aromatic heterocycles. The molecular formula is C45H27N7. The number of benzene rings is 6. The van der Waals surface area contributed by atoms with E-state index in [-0.39, 0.29) is 0 Å². The minimum absolute atomic E-state index is 0.501. The average molecular weight is 666 g/mol. The van der Waals surface area contributed by atoms with Crippen molar-refractivity contribution in [2.45, 2.75) is 0 Å². The summed E-state index contributed by atoms with van der Waals surface area (Å²) in [5.74, 6) is 1.19. The zero-order valence-corrected chi connectivity index (χ0v) is 27.7. The van der Waals surface area contributed by atoms with Crippen molar-refractivity contribution in [3.8, 4) is 22.8 Å². The summed E-state index contributed by atoms with van der Waals surface area (Å²) in [4.78, 5) is 35.6. The van der Waals surface area contributed by atoms with E-state index in [1.54, 1.807) is 0 Å². The van der Waals surface area contributed by atoms with Crippen molar-refractivity contribution >= 4 is 76.7 Å². The molecule has 0 radical (unpaired) electrons. The predicted molar refractivity (Wildman–Crippen MR) is 211 cm³/mol. The lowest BCUT2D eigenvalue weighted by Crippen LogP contribution is -1.95. The molecule has 0 unspecified atom stereocenters. The Bertz CT molecular complexity index is 3130. The number of aromatic nitrogens is 7. The Labute approximate surface area is 297 Å². The molecule has 0 fully saturated rings. The Morgan fingerprint density at radius 3 is 1.27 bits per heavy atom. The van der Waals surface area contributed by atoms with Crippen LogP contribution in [0.2, 0.25) is 0 Å². The first-order valence-corrected chi connectivity index (χ1v) is 17.1. The number of fused-ring (bicyclic) bond motifs is 20. The van der Waals surface area contributed by atoms with Gasteiger partial charge in [-0.1, -0.05) is 140 Å². The summed E-state index contributed by atoms with van der Waals surface area (Å²) >= 11 is 0. The van der Waals surface area contributed by atoms with E-state index in [9.17, 15) is 0 Å². The van der Waals surface area contributed by atoms with Gasteiger partial charge in [-0.15, -0.1) is 0 Å². The summed E-state index contributed by atoms with van der Waals surface area (Å²) in [6, 6.07) is 55.2. The first kappa shape index (κ1) is 29.6. The highest BCUT2D eigenvalue weighted by molar-refractivity contribution is 6.06. The van der Waals surface area contributed by atoms with Crippen LogP contribution in [-0.4, -0.2) is 34.9 Å². The molecule has 0 amide bonds. The maximum absolute atomic E-state index is 5.29. The number of pyridine rings is 1. The fourth-order valence-electron chi connectivity index (χ4n) is 6.69. The van der Waals surface area contributed by atoms with Crippen LogP contribution in [0.3, 0.4) is 0 Å². The molecule has 12 bridgehead atoms. The summed E-state index contributed by atoms with van der Waals surface area (Å²) in [5, 5.41) is 7.54. The van der Waals surface area contributed by atoms with Crippen molar-refractivity contribution < 1.29 is 0 Å². The second kappa shape index (κ2) is 12.3. The average Bonchev–Trinajstić information content (AvgIpc) is 3.23. The molecule has 7 heteroatoms. The number of hydrogen-bond donors (Lipinski definition) is 0. The molecule has 4 heterocycles. The Hall–Kier alpha value is -7.25. The third-order valence-corrected chi connectivity index (χ3v) is 9.28. The van der Waals surface area contributed by atoms with Crippen molar-refractivity contribution in [2.75, 3.05) is 0 Å². The Kier molecular flexibility index (Phi) is 6.99. The minimum atomic E-state index is 0.501. The lowest BCUT2D eigenvalue weighted by molar-refractivity contribution is 1.18. The lowest BCUT2D eigenvalue weighted by Gasteiger charge is -2.06. The highest BCUT2D eigenvalue weighted by atomic mass is 15.0. The van der Waals surface area contributed by atoms with Gasteiger partial charge in [0, 0.05) is 38.1 Å². The molecule has 242 valence electrons. The third kappa shape index (κ3) is 5.37. The molecule has 0 N–H and O–H groups in total. The summed E-state index contributed by atoms with van der Waals surface area (Å²) < 4.78 is 0. The van der Waals surface area contributed by atoms with Gasteiger partial charge in [0.1, 0.15) is 5.52 Å². The van der Waals surface area contributed by atoms with Crippen molar-refractivity contribution in [1.29, 1.82) is 0 Å². The van der Waals surface area contributed by atoms with Crippen LogP contribution in [0.25, 0.3) is 99.5 Å². The maximum Gasteiger partial charge on any atom is 0.183 e. The Balaban J connectivity index is 1.43. The zero-order valence-electron chi connectivity index (χ0n) is 27.7. The molecule has 0 spiro atoms. The summed E-state index contributed by atoms with van der Waals surface area (Å²) in [6.07, 6.45) is 0. The molecule has 0 atom stereocenters. The fourth-order valence-corrected chi connectivity index (χ4v) is 6.69. The summed E-state index contributed by atoms with van der Waals surface area (Å²) in [6.45, 7) is 0. The van der Waals surface area contributed by atoms with Gasteiger partial charge in [0.25, 0.3) is 0 Å². The van der Waals surface area contributed by atoms with Gasteiger partial charge in [-0.3, -0.25) is 0 Å². The quantitative estimate of drug-likeness (QED) is 0.181. The summed E-state index contributed by atoms with van der Waals surface area (Å²) in [5.41, 5.74) is 5.51. The molecule has 10 rings (SSSR count). The first-order chi connectivity index (χ1) is 25.7. The molecule has 52 heavy (non-hydrogen) atoms. The lowest BCUT2D eigenvalue weighted by atomic mass is 10.1. The van der Waals surface area contributed by atoms with Gasteiger partial charge in [0.15, 0.2) is 34.2 Å². The Morgan fingerprint density at radius 1 is 0.269 bits per heavy atom. The van der Waals surface area contributed by atoms with Crippen molar-refractivity contribution in [3.05, 3.63) is 164 Å². The fraction of sp³-hybridized carbons (Fsp3) is 0. The van der Waals surface area contributed by atoms with Gasteiger partial charge in [-0.25, -0.2) is 34.9 Å². The van der Waals surface area contributed by atoms with Gasteiger partial charge < -0.3 is 0 Å². The third-order valence-electron chi connectivity index (χ3n) is 9.28. The highest BCUT2D eigenvalue weighted by Crippen LogP contribution is 2.28. The zero-order chi connectivity index (χ0) is 34.4. The Morgan fingerprint density at radius 2 is 0.692 bits per heavy atom. The van der Waals surface area contributed by atoms with Gasteiger partial charge >= 0.3 is 0 Å². The molecule has 6 aromatic carbocycles. The van der Waals surface area contributed by atoms with Crippen molar-refractivity contribution in [1.82, 2.24) is 34.9 Å². The molecule has 0 aliphatic carbocycles. The van der Waals surface area contributed by atoms with Crippen LogP contribution in [0.15, 0.2) is 164 Å². The maximum atomic E-state index is 5.29. The van der Waals surface area contributed by atoms with Crippen LogP contribution in [0.1, 0.15) is 0 Å². The second-order valence-electron chi connectivity index (χ2n) is 12.7. The standard InChI is InChI=1S/C45H27N7/c1-3-12-28(13-4-1)40-47-42-34-20-9-17-30(24-34)31-18-10-21-35(25-31)44-49-41(29-14-5-2-6-15-29)51-45(52-44)39-37-23-8-7-16-32(37)27-38(46-39)33-19-11-22-36(26-33)43(48-40)50-42/h1-27H. The number of rotatable bonds is 2. The first-order valence-electron chi connectivity index (χ1n) is 17.1. The van der Waals surface area contributed by atoms with Crippen LogP contribution >= 0.6 is 0 Å². The van der Waals surface area contributed by atoms with Crippen LogP contribution in [0.5, 0.6) is 0 Å². The van der Waals surface area contributed by atoms with Crippen LogP contribution in [-0.2, 0) is 0 Å². The molecule has 0 aliphatic rings. The van der Waals surface area contributed by atoms with Gasteiger partial charge in [0.2, 0.25) is 0 Å². The van der Waals surface area contributed by atoms with Gasteiger partial charge in [-0.2, -0.15) is 0 Å². The van der Waals surface area contributed by atoms with Crippen LogP contribution in [0, 0.1) is 0 Å². The molecule has 0 saturated carbocycles. The van der Waals surface area contributed by atoms with E-state index in [1.807, 2.05) is 109 Å². The minimum Gasteiger partial charge on any atom is -0.244 e. The molecule has 10 aromatic rings. The molecular weight excluding hydrogens is 639 g/mol. The van der Waals surface area contributed by atoms with Gasteiger partial charge in [0.05, 0.1) is 5.52 Å². The predicted octanol–water partition coefficient (Wildman–Crippen LogP) is 10.5. The topological polar surface area (TPSA) is 90.2 Å². The number of nitrogens with zero attached hydrogens (tertiary/aromatic N) is 7. The van der Waals surface area contributed by atoms with E-state index in [4.69, 9.17) is 34.9 Å². The number of hydrogen-bond acceptors (Lipinski definition) is 7. The summed E-state index contributed by atoms with van der Waals surface area (Å²) in [7, 11) is 0. The molecule has 7 nitrogen and oxygen atoms in total. The van der Waals surface area contributed by atoms with Gasteiger partial charge in [-0.05, 0) is 40.4 Å². The van der Waals surface area contributed by atoms with Crippen LogP contribution < -0.4 is 0 Å². The highest BCUT2D eigenvalue weighted by Gasteiger charge is 2.11. The van der Waals surface area contributed by atoms with E-state index in [0.29, 0.717) is 39.8 Å². The van der Waals surface area contributed by atoms with Crippen molar-refractivity contribution in [2.24, 2.45) is 0 Å². The van der Waals surface area contributed by atoms with E-state index >= 15 is 0 Å². The SMILES string of the molecule is c1ccc(-c2nc3nc(n2)c2cccc(c2)c2cc4ccccc4c(n2)c2nc(-c4ccccc4)nc(n2)c2cccc(c2)c2cccc3c2)cc1. The van der Waals surface area contributed by atoms with Crippen LogP contribution in [0.4, 0.5) is 0 Å². The smallest absolute Gasteiger partial charge is 0.183 e.